The van der Waals surface area contributed by atoms with E-state index in [0.29, 0.717) is 19.6 Å². The third-order valence-corrected chi connectivity index (χ3v) is 5.49. The minimum Gasteiger partial charge on any atom is -0.490 e. The lowest BCUT2D eigenvalue weighted by Gasteiger charge is -2.32. The molecule has 0 radical (unpaired) electrons. The van der Waals surface area contributed by atoms with Crippen LogP contribution in [0.1, 0.15) is 23.1 Å². The van der Waals surface area contributed by atoms with E-state index in [4.69, 9.17) is 9.47 Å². The van der Waals surface area contributed by atoms with E-state index >= 15 is 0 Å². The zero-order valence-electron chi connectivity index (χ0n) is 17.3. The van der Waals surface area contributed by atoms with Crippen molar-refractivity contribution >= 4 is 0 Å². The summed E-state index contributed by atoms with van der Waals surface area (Å²) in [7, 11) is 1.93. The van der Waals surface area contributed by atoms with Gasteiger partial charge in [-0.25, -0.2) is 4.39 Å². The van der Waals surface area contributed by atoms with Gasteiger partial charge in [-0.1, -0.05) is 42.5 Å². The molecule has 0 amide bonds. The van der Waals surface area contributed by atoms with E-state index in [1.165, 1.54) is 11.6 Å². The van der Waals surface area contributed by atoms with Crippen molar-refractivity contribution in [1.29, 1.82) is 0 Å². The third kappa shape index (κ3) is 5.26. The minimum atomic E-state index is -0.339. The molecule has 30 heavy (non-hydrogen) atoms. The molecule has 0 bridgehead atoms. The van der Waals surface area contributed by atoms with Gasteiger partial charge in [0.1, 0.15) is 6.10 Å². The Morgan fingerprint density at radius 2 is 1.90 bits per heavy atom. The fourth-order valence-electron chi connectivity index (χ4n) is 3.77. The molecular formula is C24H28FN3O2. The van der Waals surface area contributed by atoms with Crippen LogP contribution in [0.4, 0.5) is 4.39 Å². The van der Waals surface area contributed by atoms with Gasteiger partial charge in [0.05, 0.1) is 18.9 Å². The first-order chi connectivity index (χ1) is 14.7. The number of halogens is 1. The lowest BCUT2D eigenvalue weighted by molar-refractivity contribution is -0.0318. The highest BCUT2D eigenvalue weighted by molar-refractivity contribution is 5.23. The molecule has 1 aliphatic heterocycles. The van der Waals surface area contributed by atoms with Crippen molar-refractivity contribution < 1.29 is 13.9 Å². The molecule has 158 valence electrons. The van der Waals surface area contributed by atoms with Crippen LogP contribution in [0, 0.1) is 5.82 Å². The number of nitrogens with zero attached hydrogens (tertiary/aromatic N) is 3. The van der Waals surface area contributed by atoms with Gasteiger partial charge >= 0.3 is 0 Å². The number of rotatable bonds is 8. The monoisotopic (exact) mass is 409 g/mol. The Kier molecular flexibility index (Phi) is 6.77. The quantitative estimate of drug-likeness (QED) is 0.567. The molecule has 0 N–H and O–H groups in total. The number of benzene rings is 2. The van der Waals surface area contributed by atoms with Crippen molar-refractivity contribution in [3.63, 3.8) is 0 Å². The number of morpholine rings is 1. The second kappa shape index (κ2) is 9.87. The molecule has 0 saturated carbocycles. The van der Waals surface area contributed by atoms with E-state index < -0.39 is 0 Å². The first kappa shape index (κ1) is 20.6. The number of ether oxygens (including phenoxy) is 2. The predicted octanol–water partition coefficient (Wildman–Crippen LogP) is 3.80. The van der Waals surface area contributed by atoms with E-state index in [2.05, 4.69) is 40.3 Å². The Bertz CT molecular complexity index is 945. The molecule has 2 heterocycles. The Labute approximate surface area is 177 Å². The van der Waals surface area contributed by atoms with Crippen molar-refractivity contribution in [2.24, 2.45) is 7.05 Å². The van der Waals surface area contributed by atoms with Gasteiger partial charge in [0.25, 0.3) is 0 Å². The molecule has 1 saturated heterocycles. The SMILES string of the molecule is Cn1nc([C@H]2CN(CCc3ccccc3)CCO2)cc1CCOc1ccccc1F. The molecule has 1 atom stereocenters. The highest BCUT2D eigenvalue weighted by atomic mass is 19.1. The number of aryl methyl sites for hydroxylation is 1. The summed E-state index contributed by atoms with van der Waals surface area (Å²) in [5.41, 5.74) is 3.35. The molecule has 6 heteroatoms. The third-order valence-electron chi connectivity index (χ3n) is 5.49. The van der Waals surface area contributed by atoms with Gasteiger partial charge in [0.2, 0.25) is 0 Å². The molecule has 3 aromatic rings. The van der Waals surface area contributed by atoms with E-state index in [1.807, 2.05) is 17.8 Å². The molecule has 4 rings (SSSR count). The average Bonchev–Trinajstić information content (AvgIpc) is 3.15. The zero-order valence-corrected chi connectivity index (χ0v) is 17.3. The van der Waals surface area contributed by atoms with E-state index in [-0.39, 0.29) is 17.7 Å². The van der Waals surface area contributed by atoms with Crippen LogP contribution < -0.4 is 4.74 Å². The average molecular weight is 410 g/mol. The van der Waals surface area contributed by atoms with E-state index in [9.17, 15) is 4.39 Å². The zero-order chi connectivity index (χ0) is 20.8. The second-order valence-corrected chi connectivity index (χ2v) is 7.61. The van der Waals surface area contributed by atoms with Crippen molar-refractivity contribution in [2.45, 2.75) is 18.9 Å². The second-order valence-electron chi connectivity index (χ2n) is 7.61. The van der Waals surface area contributed by atoms with Gasteiger partial charge in [-0.05, 0) is 30.2 Å². The van der Waals surface area contributed by atoms with Gasteiger partial charge in [0.15, 0.2) is 11.6 Å². The number of aromatic nitrogens is 2. The van der Waals surface area contributed by atoms with Crippen molar-refractivity contribution in [3.8, 4) is 5.75 Å². The summed E-state index contributed by atoms with van der Waals surface area (Å²) >= 11 is 0. The Hall–Kier alpha value is -2.70. The summed E-state index contributed by atoms with van der Waals surface area (Å²) in [6.07, 6.45) is 1.67. The molecule has 2 aromatic carbocycles. The van der Waals surface area contributed by atoms with Crippen LogP contribution in [-0.4, -0.2) is 47.5 Å². The van der Waals surface area contributed by atoms with Crippen LogP contribution >= 0.6 is 0 Å². The van der Waals surface area contributed by atoms with E-state index in [1.54, 1.807) is 18.2 Å². The molecule has 0 spiro atoms. The summed E-state index contributed by atoms with van der Waals surface area (Å²) in [6.45, 7) is 3.91. The van der Waals surface area contributed by atoms with Crippen molar-refractivity contribution in [3.05, 3.63) is 83.4 Å². The number of hydrogen-bond acceptors (Lipinski definition) is 4. The van der Waals surface area contributed by atoms with Crippen LogP contribution in [0.2, 0.25) is 0 Å². The van der Waals surface area contributed by atoms with Crippen LogP contribution in [0.25, 0.3) is 0 Å². The Morgan fingerprint density at radius 3 is 2.73 bits per heavy atom. The summed E-state index contributed by atoms with van der Waals surface area (Å²) in [4.78, 5) is 2.44. The largest absolute Gasteiger partial charge is 0.490 e. The number of hydrogen-bond donors (Lipinski definition) is 0. The topological polar surface area (TPSA) is 39.5 Å². The van der Waals surface area contributed by atoms with Gasteiger partial charge in [-0.2, -0.15) is 5.10 Å². The smallest absolute Gasteiger partial charge is 0.165 e. The first-order valence-electron chi connectivity index (χ1n) is 10.5. The minimum absolute atomic E-state index is 0.0260. The summed E-state index contributed by atoms with van der Waals surface area (Å²) < 4.78 is 27.1. The molecule has 0 unspecified atom stereocenters. The fourth-order valence-corrected chi connectivity index (χ4v) is 3.77. The normalized spacial score (nSPS) is 17.2. The van der Waals surface area contributed by atoms with Gasteiger partial charge in [0, 0.05) is 38.8 Å². The van der Waals surface area contributed by atoms with Crippen molar-refractivity contribution in [2.75, 3.05) is 32.8 Å². The maximum atomic E-state index is 13.7. The molecule has 5 nitrogen and oxygen atoms in total. The maximum absolute atomic E-state index is 13.7. The van der Waals surface area contributed by atoms with Crippen LogP contribution in [-0.2, 0) is 24.6 Å². The molecule has 1 fully saturated rings. The Morgan fingerprint density at radius 1 is 1.10 bits per heavy atom. The Balaban J connectivity index is 1.31. The number of para-hydroxylation sites is 1. The predicted molar refractivity (Wildman–Crippen MR) is 114 cm³/mol. The molecular weight excluding hydrogens is 381 g/mol. The van der Waals surface area contributed by atoms with Gasteiger partial charge in [-0.3, -0.25) is 9.58 Å². The molecule has 1 aliphatic rings. The van der Waals surface area contributed by atoms with Gasteiger partial charge in [-0.15, -0.1) is 0 Å². The molecule has 0 aliphatic carbocycles. The first-order valence-corrected chi connectivity index (χ1v) is 10.5. The summed E-state index contributed by atoms with van der Waals surface area (Å²) in [5, 5.41) is 4.67. The lowest BCUT2D eigenvalue weighted by Crippen LogP contribution is -2.39. The van der Waals surface area contributed by atoms with Crippen LogP contribution in [0.3, 0.4) is 0 Å². The highest BCUT2D eigenvalue weighted by Gasteiger charge is 2.24. The fraction of sp³-hybridized carbons (Fsp3) is 0.375. The highest BCUT2D eigenvalue weighted by Crippen LogP contribution is 2.23. The lowest BCUT2D eigenvalue weighted by atomic mass is 10.1. The van der Waals surface area contributed by atoms with Crippen molar-refractivity contribution in [1.82, 2.24) is 14.7 Å². The summed E-state index contributed by atoms with van der Waals surface area (Å²) in [5.74, 6) is -0.0565. The van der Waals surface area contributed by atoms with Crippen LogP contribution in [0.15, 0.2) is 60.7 Å². The molecule has 1 aromatic heterocycles. The van der Waals surface area contributed by atoms with Crippen LogP contribution in [0.5, 0.6) is 5.75 Å². The summed E-state index contributed by atoms with van der Waals surface area (Å²) in [6, 6.07) is 19.1. The standard InChI is InChI=1S/C24H28FN3O2/c1-27-20(12-15-29-23-10-6-5-9-21(23)25)17-22(26-27)24-18-28(14-16-30-24)13-11-19-7-3-2-4-8-19/h2-10,17,24H,11-16,18H2,1H3/t24-/m1/s1. The van der Waals surface area contributed by atoms with E-state index in [0.717, 1.165) is 37.4 Å². The maximum Gasteiger partial charge on any atom is 0.165 e. The van der Waals surface area contributed by atoms with Gasteiger partial charge < -0.3 is 9.47 Å².